The lowest BCUT2D eigenvalue weighted by molar-refractivity contribution is -0.158. The summed E-state index contributed by atoms with van der Waals surface area (Å²) < 4.78 is 10.9. The molecular weight excluding hydrogens is 304 g/mol. The van der Waals surface area contributed by atoms with Crippen LogP contribution in [0.1, 0.15) is 40.0 Å². The maximum Gasteiger partial charge on any atom is 0.332 e. The standard InChI is InChI=1S/C20H24O4/c1-6-13-23-18(22)19(10-7-14(2)3)11-9-16-20(24-16,17(19)21)12-8-15(4)5/h6,8,16H,1-2,9,11-13H2,3-5H3/t16-,19?,20-/m0/s1. The fourth-order valence-electron chi connectivity index (χ4n) is 3.00. The summed E-state index contributed by atoms with van der Waals surface area (Å²) in [4.78, 5) is 25.9. The third-order valence-electron chi connectivity index (χ3n) is 4.35. The molecule has 1 aliphatic heterocycles. The van der Waals surface area contributed by atoms with Crippen LogP contribution in [-0.2, 0) is 19.1 Å². The monoisotopic (exact) mass is 328 g/mol. The highest BCUT2D eigenvalue weighted by Crippen LogP contribution is 2.54. The van der Waals surface area contributed by atoms with Crippen molar-refractivity contribution < 1.29 is 19.1 Å². The number of ether oxygens (including phenoxy) is 2. The number of fused-ring (bicyclic) bond motifs is 1. The quantitative estimate of drug-likeness (QED) is 0.256. The van der Waals surface area contributed by atoms with Crippen LogP contribution in [0.3, 0.4) is 0 Å². The maximum absolute atomic E-state index is 13.2. The molecule has 128 valence electrons. The van der Waals surface area contributed by atoms with Gasteiger partial charge in [0.1, 0.15) is 6.61 Å². The molecule has 1 saturated heterocycles. The number of rotatable bonds is 5. The van der Waals surface area contributed by atoms with E-state index >= 15 is 0 Å². The Bertz CT molecular complexity index is 671. The van der Waals surface area contributed by atoms with E-state index in [-0.39, 0.29) is 18.5 Å². The van der Waals surface area contributed by atoms with Crippen molar-refractivity contribution in [1.29, 1.82) is 0 Å². The van der Waals surface area contributed by atoms with E-state index in [9.17, 15) is 9.59 Å². The summed E-state index contributed by atoms with van der Waals surface area (Å²) in [6, 6.07) is 0. The lowest BCUT2D eigenvalue weighted by atomic mass is 9.67. The van der Waals surface area contributed by atoms with Gasteiger partial charge in [-0.25, -0.2) is 4.79 Å². The van der Waals surface area contributed by atoms with E-state index in [1.165, 1.54) is 6.08 Å². The Morgan fingerprint density at radius 1 is 1.46 bits per heavy atom. The van der Waals surface area contributed by atoms with E-state index in [1.807, 2.05) is 19.9 Å². The molecule has 2 aliphatic rings. The SMILES string of the molecule is C=CCOC(=O)C1(C#CC(=C)C)CC[C@@H]2O[C@]2(CC=C(C)C)C1=O. The normalized spacial score (nSPS) is 30.3. The number of carbonyl (C=O) groups excluding carboxylic acids is 2. The highest BCUT2D eigenvalue weighted by molar-refractivity contribution is 6.13. The van der Waals surface area contributed by atoms with Gasteiger partial charge in [0, 0.05) is 6.42 Å². The molecule has 0 spiro atoms. The molecule has 0 aromatic rings. The van der Waals surface area contributed by atoms with Crippen molar-refractivity contribution in [3.8, 4) is 11.8 Å². The third-order valence-corrected chi connectivity index (χ3v) is 4.35. The van der Waals surface area contributed by atoms with E-state index in [2.05, 4.69) is 25.0 Å². The molecule has 0 N–H and O–H groups in total. The molecule has 0 bridgehead atoms. The molecule has 24 heavy (non-hydrogen) atoms. The Hall–Kier alpha value is -2.12. The topological polar surface area (TPSA) is 55.9 Å². The van der Waals surface area contributed by atoms with Crippen LogP contribution < -0.4 is 0 Å². The van der Waals surface area contributed by atoms with Crippen molar-refractivity contribution in [2.75, 3.05) is 6.61 Å². The molecule has 1 heterocycles. The van der Waals surface area contributed by atoms with Gasteiger partial charge in [-0.15, -0.1) is 0 Å². The molecule has 1 saturated carbocycles. The van der Waals surface area contributed by atoms with Gasteiger partial charge < -0.3 is 9.47 Å². The summed E-state index contributed by atoms with van der Waals surface area (Å²) in [5.74, 6) is 4.75. The molecule has 3 atom stereocenters. The molecule has 0 aromatic heterocycles. The molecular formula is C20H24O4. The second-order valence-corrected chi connectivity index (χ2v) is 6.67. The lowest BCUT2D eigenvalue weighted by Crippen LogP contribution is -2.50. The van der Waals surface area contributed by atoms with Gasteiger partial charge in [0.2, 0.25) is 0 Å². The first kappa shape index (κ1) is 18.2. The summed E-state index contributed by atoms with van der Waals surface area (Å²) in [6.07, 6.45) is 4.69. The smallest absolute Gasteiger partial charge is 0.332 e. The summed E-state index contributed by atoms with van der Waals surface area (Å²) in [5.41, 5.74) is -0.725. The van der Waals surface area contributed by atoms with Gasteiger partial charge in [0.05, 0.1) is 6.10 Å². The number of allylic oxidation sites excluding steroid dienone is 2. The van der Waals surface area contributed by atoms with Crippen molar-refractivity contribution in [2.24, 2.45) is 5.41 Å². The van der Waals surface area contributed by atoms with Crippen LogP contribution in [0.15, 0.2) is 36.5 Å². The minimum Gasteiger partial charge on any atom is -0.460 e. The van der Waals surface area contributed by atoms with Gasteiger partial charge >= 0.3 is 5.97 Å². The molecule has 1 unspecified atom stereocenters. The highest BCUT2D eigenvalue weighted by atomic mass is 16.6. The van der Waals surface area contributed by atoms with Gasteiger partial charge in [-0.05, 0) is 39.2 Å². The summed E-state index contributed by atoms with van der Waals surface area (Å²) in [5, 5.41) is 0. The largest absolute Gasteiger partial charge is 0.460 e. The Kier molecular flexibility index (Phi) is 5.15. The minimum absolute atomic E-state index is 0.0495. The third kappa shape index (κ3) is 3.22. The molecule has 0 amide bonds. The fourth-order valence-corrected chi connectivity index (χ4v) is 3.00. The average Bonchev–Trinajstić information content (AvgIpc) is 3.26. The minimum atomic E-state index is -1.48. The second kappa shape index (κ2) is 6.78. The van der Waals surface area contributed by atoms with Crippen LogP contribution in [0, 0.1) is 17.3 Å². The number of epoxide rings is 1. The Morgan fingerprint density at radius 3 is 2.75 bits per heavy atom. The fraction of sp³-hybridized carbons (Fsp3) is 0.500. The van der Waals surface area contributed by atoms with Crippen molar-refractivity contribution in [3.63, 3.8) is 0 Å². The molecule has 0 radical (unpaired) electrons. The number of hydrogen-bond acceptors (Lipinski definition) is 4. The van der Waals surface area contributed by atoms with Gasteiger partial charge in [0.15, 0.2) is 16.8 Å². The van der Waals surface area contributed by atoms with E-state index in [4.69, 9.17) is 9.47 Å². The highest BCUT2D eigenvalue weighted by Gasteiger charge is 2.71. The van der Waals surface area contributed by atoms with Crippen LogP contribution in [0.25, 0.3) is 0 Å². The molecule has 1 aliphatic carbocycles. The van der Waals surface area contributed by atoms with Gasteiger partial charge in [-0.2, -0.15) is 0 Å². The van der Waals surface area contributed by atoms with Gasteiger partial charge in [0.25, 0.3) is 0 Å². The summed E-state index contributed by atoms with van der Waals surface area (Å²) in [7, 11) is 0. The number of esters is 1. The Labute approximate surface area is 143 Å². The van der Waals surface area contributed by atoms with Crippen molar-refractivity contribution in [1.82, 2.24) is 0 Å². The molecule has 4 nitrogen and oxygen atoms in total. The lowest BCUT2D eigenvalue weighted by Gasteiger charge is -2.30. The Morgan fingerprint density at radius 2 is 2.17 bits per heavy atom. The predicted molar refractivity (Wildman–Crippen MR) is 92.1 cm³/mol. The summed E-state index contributed by atoms with van der Waals surface area (Å²) >= 11 is 0. The Balaban J connectivity index is 2.39. The van der Waals surface area contributed by atoms with Crippen molar-refractivity contribution in [2.45, 2.75) is 51.7 Å². The summed E-state index contributed by atoms with van der Waals surface area (Å²) in [6.45, 7) is 13.0. The zero-order valence-corrected chi connectivity index (χ0v) is 14.6. The van der Waals surface area contributed by atoms with Crippen LogP contribution >= 0.6 is 0 Å². The van der Waals surface area contributed by atoms with Crippen molar-refractivity contribution in [3.05, 3.63) is 36.5 Å². The molecule has 0 aromatic carbocycles. The zero-order chi connectivity index (χ0) is 18.0. The first-order valence-electron chi connectivity index (χ1n) is 8.11. The molecule has 4 heteroatoms. The second-order valence-electron chi connectivity index (χ2n) is 6.67. The first-order chi connectivity index (χ1) is 11.3. The van der Waals surface area contributed by atoms with E-state index in [0.717, 1.165) is 5.57 Å². The van der Waals surface area contributed by atoms with Gasteiger partial charge in [-0.1, -0.05) is 42.7 Å². The number of carbonyl (C=O) groups is 2. The van der Waals surface area contributed by atoms with Gasteiger partial charge in [-0.3, -0.25) is 4.79 Å². The molecule has 2 fully saturated rings. The van der Waals surface area contributed by atoms with Crippen LogP contribution in [-0.4, -0.2) is 30.1 Å². The zero-order valence-electron chi connectivity index (χ0n) is 14.6. The van der Waals surface area contributed by atoms with E-state index in [1.54, 1.807) is 6.92 Å². The van der Waals surface area contributed by atoms with Crippen molar-refractivity contribution >= 4 is 11.8 Å². The van der Waals surface area contributed by atoms with E-state index in [0.29, 0.717) is 24.8 Å². The average molecular weight is 328 g/mol. The van der Waals surface area contributed by atoms with Crippen LogP contribution in [0.4, 0.5) is 0 Å². The van der Waals surface area contributed by atoms with E-state index < -0.39 is 17.0 Å². The van der Waals surface area contributed by atoms with Crippen LogP contribution in [0.5, 0.6) is 0 Å². The van der Waals surface area contributed by atoms with Crippen LogP contribution in [0.2, 0.25) is 0 Å². The predicted octanol–water partition coefficient (Wildman–Crippen LogP) is 3.14. The maximum atomic E-state index is 13.2. The molecule has 2 rings (SSSR count). The number of hydrogen-bond donors (Lipinski definition) is 0. The first-order valence-corrected chi connectivity index (χ1v) is 8.11. The number of ketones is 1. The number of Topliss-reactive ketones (excluding diaryl/α,β-unsaturated/α-hetero) is 1.